The van der Waals surface area contributed by atoms with Gasteiger partial charge in [-0.3, -0.25) is 4.72 Å². The first-order chi connectivity index (χ1) is 12.5. The van der Waals surface area contributed by atoms with Crippen LogP contribution < -0.4 is 14.6 Å². The second-order valence-corrected chi connectivity index (χ2v) is 8.62. The van der Waals surface area contributed by atoms with E-state index in [-0.39, 0.29) is 16.5 Å². The molecule has 0 amide bonds. The van der Waals surface area contributed by atoms with Crippen LogP contribution in [0.4, 0.5) is 14.5 Å². The number of rotatable bonds is 7. The maximum Gasteiger partial charge on any atom is 0.387 e. The van der Waals surface area contributed by atoms with Gasteiger partial charge in [-0.15, -0.1) is 0 Å². The van der Waals surface area contributed by atoms with Crippen molar-refractivity contribution in [2.45, 2.75) is 11.5 Å². The molecule has 0 bridgehead atoms. The topological polar surface area (TPSA) is 116 Å². The first kappa shape index (κ1) is 21.1. The number of hydrogen-bond acceptors (Lipinski definition) is 5. The Morgan fingerprint density at radius 1 is 1.07 bits per heavy atom. The largest absolute Gasteiger partial charge is 0.435 e. The Kier molecular flexibility index (Phi) is 6.42. The molecule has 0 aliphatic carbocycles. The molecule has 2 aromatic carbocycles. The Morgan fingerprint density at radius 3 is 2.26 bits per heavy atom. The molecule has 0 aliphatic heterocycles. The molecule has 0 saturated heterocycles. The molecule has 0 aliphatic rings. The van der Waals surface area contributed by atoms with E-state index in [1.165, 1.54) is 36.4 Å². The molecule has 0 atom stereocenters. The van der Waals surface area contributed by atoms with Crippen LogP contribution in [0.25, 0.3) is 6.08 Å². The normalized spacial score (nSPS) is 12.5. The van der Waals surface area contributed by atoms with E-state index in [0.29, 0.717) is 5.56 Å². The molecule has 0 spiro atoms. The zero-order valence-electron chi connectivity index (χ0n) is 13.3. The lowest BCUT2D eigenvalue weighted by molar-refractivity contribution is -0.0498. The van der Waals surface area contributed by atoms with Crippen molar-refractivity contribution >= 4 is 43.4 Å². The minimum atomic E-state index is -4.19. The van der Waals surface area contributed by atoms with Crippen LogP contribution in [0.15, 0.2) is 52.8 Å². The van der Waals surface area contributed by atoms with Crippen LogP contribution in [0.5, 0.6) is 5.75 Å². The molecule has 0 aromatic heterocycles. The molecule has 12 heteroatoms. The zero-order valence-corrected chi connectivity index (χ0v) is 15.7. The van der Waals surface area contributed by atoms with Gasteiger partial charge in [0, 0.05) is 5.02 Å². The predicted octanol–water partition coefficient (Wildman–Crippen LogP) is 3.00. The molecule has 2 rings (SSSR count). The van der Waals surface area contributed by atoms with Gasteiger partial charge < -0.3 is 4.74 Å². The fourth-order valence-electron chi connectivity index (χ4n) is 1.95. The Hall–Kier alpha value is -2.21. The number of nitrogens with two attached hydrogens (primary N) is 1. The van der Waals surface area contributed by atoms with Gasteiger partial charge in [-0.05, 0) is 42.0 Å². The lowest BCUT2D eigenvalue weighted by Gasteiger charge is -2.10. The summed E-state index contributed by atoms with van der Waals surface area (Å²) in [6.45, 7) is -2.97. The summed E-state index contributed by atoms with van der Waals surface area (Å²) in [6, 6.07) is 8.61. The lowest BCUT2D eigenvalue weighted by atomic mass is 10.2. The second kappa shape index (κ2) is 8.21. The molecule has 0 fully saturated rings. The third-order valence-corrected chi connectivity index (χ3v) is 5.25. The van der Waals surface area contributed by atoms with Gasteiger partial charge in [-0.1, -0.05) is 23.7 Å². The van der Waals surface area contributed by atoms with Crippen LogP contribution in [0, 0.1) is 0 Å². The van der Waals surface area contributed by atoms with Crippen LogP contribution in [0.2, 0.25) is 5.02 Å². The summed E-state index contributed by atoms with van der Waals surface area (Å²) in [7, 11) is -8.31. The van der Waals surface area contributed by atoms with Crippen LogP contribution >= 0.6 is 11.6 Å². The van der Waals surface area contributed by atoms with Crippen molar-refractivity contribution < 1.29 is 30.4 Å². The number of halogens is 3. The number of ether oxygens (including phenoxy) is 1. The maximum absolute atomic E-state index is 12.2. The highest BCUT2D eigenvalue weighted by Gasteiger charge is 2.17. The molecular formula is C15H13ClF2N2O5S2. The number of anilines is 1. The third kappa shape index (κ3) is 6.47. The summed E-state index contributed by atoms with van der Waals surface area (Å²) in [5.74, 6) is -0.0835. The van der Waals surface area contributed by atoms with Crippen molar-refractivity contribution in [2.24, 2.45) is 5.14 Å². The highest BCUT2D eigenvalue weighted by Crippen LogP contribution is 2.25. The quantitative estimate of drug-likeness (QED) is 0.689. The SMILES string of the molecule is NS(=O)(=O)c1ccc(Cl)cc1NS(=O)(=O)C=Cc1ccc(OC(F)F)cc1. The smallest absolute Gasteiger partial charge is 0.387 e. The third-order valence-electron chi connectivity index (χ3n) is 3.05. The molecule has 0 unspecified atom stereocenters. The van der Waals surface area contributed by atoms with Crippen LogP contribution in [0.1, 0.15) is 5.56 Å². The van der Waals surface area contributed by atoms with Crippen molar-refractivity contribution in [2.75, 3.05) is 4.72 Å². The number of nitrogens with one attached hydrogen (secondary N) is 1. The number of benzene rings is 2. The fraction of sp³-hybridized carbons (Fsp3) is 0.0667. The van der Waals surface area contributed by atoms with Gasteiger partial charge >= 0.3 is 6.61 Å². The first-order valence-electron chi connectivity index (χ1n) is 7.04. The molecule has 3 N–H and O–H groups in total. The molecule has 27 heavy (non-hydrogen) atoms. The second-order valence-electron chi connectivity index (χ2n) is 5.08. The van der Waals surface area contributed by atoms with Gasteiger partial charge in [-0.2, -0.15) is 8.78 Å². The summed E-state index contributed by atoms with van der Waals surface area (Å²) in [5, 5.41) is 5.91. The predicted molar refractivity (Wildman–Crippen MR) is 97.5 cm³/mol. The lowest BCUT2D eigenvalue weighted by Crippen LogP contribution is -2.17. The van der Waals surface area contributed by atoms with Gasteiger partial charge in [0.2, 0.25) is 10.0 Å². The Bertz CT molecular complexity index is 1060. The standard InChI is InChI=1S/C15H13ClF2N2O5S2/c16-11-3-6-14(27(19,23)24)13(9-11)20-26(21,22)8-7-10-1-4-12(5-2-10)25-15(17)18/h1-9,15,20H,(H2,19,23,24). The zero-order chi connectivity index (χ0) is 20.2. The molecule has 146 valence electrons. The van der Waals surface area contributed by atoms with Crippen molar-refractivity contribution in [3.05, 3.63) is 58.5 Å². The van der Waals surface area contributed by atoms with E-state index in [1.807, 2.05) is 0 Å². The molecule has 0 heterocycles. The summed E-state index contributed by atoms with van der Waals surface area (Å²) in [5.41, 5.74) is 0.0649. The van der Waals surface area contributed by atoms with E-state index < -0.39 is 31.6 Å². The van der Waals surface area contributed by atoms with Gasteiger partial charge in [0.25, 0.3) is 10.0 Å². The summed E-state index contributed by atoms with van der Waals surface area (Å²) in [6.07, 6.45) is 1.18. The molecule has 0 saturated carbocycles. The summed E-state index contributed by atoms with van der Waals surface area (Å²) in [4.78, 5) is -0.447. The van der Waals surface area contributed by atoms with E-state index in [0.717, 1.165) is 17.5 Å². The number of alkyl halides is 2. The van der Waals surface area contributed by atoms with Gasteiger partial charge in [0.15, 0.2) is 0 Å². The Morgan fingerprint density at radius 2 is 1.70 bits per heavy atom. The maximum atomic E-state index is 12.2. The number of primary sulfonamides is 1. The van der Waals surface area contributed by atoms with Crippen molar-refractivity contribution in [1.82, 2.24) is 0 Å². The van der Waals surface area contributed by atoms with Crippen molar-refractivity contribution in [3.63, 3.8) is 0 Å². The Balaban J connectivity index is 2.23. The highest BCUT2D eigenvalue weighted by atomic mass is 35.5. The van der Waals surface area contributed by atoms with Gasteiger partial charge in [0.05, 0.1) is 11.1 Å². The molecule has 7 nitrogen and oxygen atoms in total. The molecule has 2 aromatic rings. The summed E-state index contributed by atoms with van der Waals surface area (Å²) < 4.78 is 77.9. The van der Waals surface area contributed by atoms with E-state index in [1.54, 1.807) is 0 Å². The van der Waals surface area contributed by atoms with Crippen molar-refractivity contribution in [3.8, 4) is 5.75 Å². The Labute approximate surface area is 159 Å². The number of hydrogen-bond donors (Lipinski definition) is 2. The van der Waals surface area contributed by atoms with Crippen LogP contribution in [-0.4, -0.2) is 23.4 Å². The van der Waals surface area contributed by atoms with E-state index >= 15 is 0 Å². The fourth-order valence-corrected chi connectivity index (χ4v) is 3.74. The van der Waals surface area contributed by atoms with E-state index in [4.69, 9.17) is 16.7 Å². The average molecular weight is 439 g/mol. The van der Waals surface area contributed by atoms with E-state index in [9.17, 15) is 25.6 Å². The van der Waals surface area contributed by atoms with Gasteiger partial charge in [-0.25, -0.2) is 22.0 Å². The van der Waals surface area contributed by atoms with Crippen LogP contribution in [0.3, 0.4) is 0 Å². The minimum Gasteiger partial charge on any atom is -0.435 e. The van der Waals surface area contributed by atoms with Crippen molar-refractivity contribution in [1.29, 1.82) is 0 Å². The molecular weight excluding hydrogens is 426 g/mol. The monoisotopic (exact) mass is 438 g/mol. The van der Waals surface area contributed by atoms with E-state index in [2.05, 4.69) is 9.46 Å². The number of sulfonamides is 2. The minimum absolute atomic E-state index is 0.0835. The first-order valence-corrected chi connectivity index (χ1v) is 10.5. The summed E-state index contributed by atoms with van der Waals surface area (Å²) >= 11 is 5.77. The average Bonchev–Trinajstić information content (AvgIpc) is 2.52. The van der Waals surface area contributed by atoms with Crippen LogP contribution in [-0.2, 0) is 20.0 Å². The highest BCUT2D eigenvalue weighted by molar-refractivity contribution is 7.95. The van der Waals surface area contributed by atoms with Gasteiger partial charge in [0.1, 0.15) is 10.6 Å². The molecule has 0 radical (unpaired) electrons.